The van der Waals surface area contributed by atoms with Crippen molar-refractivity contribution in [2.45, 2.75) is 44.2 Å². The second-order valence-electron chi connectivity index (χ2n) is 9.10. The Labute approximate surface area is 200 Å². The highest BCUT2D eigenvalue weighted by molar-refractivity contribution is 5.93. The van der Waals surface area contributed by atoms with Crippen LogP contribution in [0.4, 0.5) is 5.95 Å². The highest BCUT2D eigenvalue weighted by atomic mass is 16.3. The van der Waals surface area contributed by atoms with Gasteiger partial charge in [0.25, 0.3) is 0 Å². The summed E-state index contributed by atoms with van der Waals surface area (Å²) in [6.07, 6.45) is 6.52. The second kappa shape index (κ2) is 8.62. The summed E-state index contributed by atoms with van der Waals surface area (Å²) in [4.78, 5) is 22.9. The van der Waals surface area contributed by atoms with E-state index < -0.39 is 6.04 Å². The van der Waals surface area contributed by atoms with Crippen LogP contribution in [0.2, 0.25) is 0 Å². The molecule has 10 nitrogen and oxygen atoms in total. The lowest BCUT2D eigenvalue weighted by Gasteiger charge is -2.26. The van der Waals surface area contributed by atoms with Crippen molar-refractivity contribution >= 4 is 28.4 Å². The van der Waals surface area contributed by atoms with Gasteiger partial charge in [-0.2, -0.15) is 14.6 Å². The third-order valence-corrected chi connectivity index (χ3v) is 6.77. The van der Waals surface area contributed by atoms with Crippen LogP contribution in [0.1, 0.15) is 43.7 Å². The zero-order valence-electron chi connectivity index (χ0n) is 19.0. The maximum absolute atomic E-state index is 13.7. The number of hydrogen-bond acceptors (Lipinski definition) is 8. The van der Waals surface area contributed by atoms with Crippen LogP contribution in [-0.4, -0.2) is 46.4 Å². The van der Waals surface area contributed by atoms with Crippen LogP contribution in [0, 0.1) is 5.92 Å². The molecule has 3 N–H and O–H groups in total. The molecular formula is C25H25N7O3. The summed E-state index contributed by atoms with van der Waals surface area (Å²) in [7, 11) is 0. The number of aromatic nitrogens is 6. The van der Waals surface area contributed by atoms with Crippen LogP contribution in [0.5, 0.6) is 0 Å². The average molecular weight is 472 g/mol. The standard InChI is InChI=1S/C25H25N7O3/c26-25-29-24-18(23-28-22(30-32(23)25)20-7-4-12-35-20)14-27-31(24)21(16-5-2-1-3-6-16)19(34)13-15-8-10-17(33)11-9-15/h1-7,12,14-15,17,21,33H,8-11,13H2,(H2,26,29)/t15?,17?,21-/m1/s1. The van der Waals surface area contributed by atoms with E-state index >= 15 is 0 Å². The molecule has 0 unspecified atom stereocenters. The van der Waals surface area contributed by atoms with Crippen LogP contribution in [0.25, 0.3) is 28.3 Å². The Balaban J connectivity index is 1.44. The van der Waals surface area contributed by atoms with E-state index in [0.29, 0.717) is 34.7 Å². The van der Waals surface area contributed by atoms with Gasteiger partial charge < -0.3 is 15.3 Å². The van der Waals surface area contributed by atoms with Gasteiger partial charge in [-0.1, -0.05) is 30.3 Å². The molecule has 4 aromatic heterocycles. The Kier molecular flexibility index (Phi) is 5.29. The van der Waals surface area contributed by atoms with Crippen molar-refractivity contribution < 1.29 is 14.3 Å². The number of nitrogens with two attached hydrogens (primary N) is 1. The first-order valence-corrected chi connectivity index (χ1v) is 11.8. The predicted molar refractivity (Wildman–Crippen MR) is 128 cm³/mol. The van der Waals surface area contributed by atoms with E-state index in [1.165, 1.54) is 4.52 Å². The summed E-state index contributed by atoms with van der Waals surface area (Å²) in [5, 5.41) is 19.5. The van der Waals surface area contributed by atoms with E-state index in [1.54, 1.807) is 29.3 Å². The molecule has 4 heterocycles. The fraction of sp³-hybridized carbons (Fsp3) is 0.320. The van der Waals surface area contributed by atoms with Crippen molar-refractivity contribution in [1.82, 2.24) is 29.4 Å². The molecule has 0 spiro atoms. The molecule has 0 aliphatic heterocycles. The highest BCUT2D eigenvalue weighted by Crippen LogP contribution is 2.32. The number of nitrogen functional groups attached to an aromatic ring is 1. The summed E-state index contributed by atoms with van der Waals surface area (Å²) in [5.74, 6) is 1.35. The number of carbonyl (C=O) groups excluding carboxylic acids is 1. The summed E-state index contributed by atoms with van der Waals surface area (Å²) in [6, 6.07) is 12.5. The number of carbonyl (C=O) groups is 1. The van der Waals surface area contributed by atoms with Gasteiger partial charge in [-0.25, -0.2) is 9.67 Å². The molecule has 0 saturated heterocycles. The molecule has 1 saturated carbocycles. The first-order chi connectivity index (χ1) is 17.1. The van der Waals surface area contributed by atoms with Gasteiger partial charge in [0.15, 0.2) is 22.8 Å². The highest BCUT2D eigenvalue weighted by Gasteiger charge is 2.30. The van der Waals surface area contributed by atoms with Crippen LogP contribution >= 0.6 is 0 Å². The lowest BCUT2D eigenvalue weighted by Crippen LogP contribution is -2.27. The second-order valence-corrected chi connectivity index (χ2v) is 9.10. The van der Waals surface area contributed by atoms with Gasteiger partial charge in [0.05, 0.1) is 24.0 Å². The van der Waals surface area contributed by atoms with Gasteiger partial charge in [0, 0.05) is 6.42 Å². The number of hydrogen-bond donors (Lipinski definition) is 2. The van der Waals surface area contributed by atoms with Gasteiger partial charge in [-0.15, -0.1) is 5.10 Å². The number of benzene rings is 1. The number of anilines is 1. The zero-order valence-corrected chi connectivity index (χ0v) is 19.0. The number of Topliss-reactive ketones (excluding diaryl/α,β-unsaturated/α-hetero) is 1. The molecule has 1 aliphatic carbocycles. The maximum atomic E-state index is 13.7. The Morgan fingerprint density at radius 1 is 1.09 bits per heavy atom. The summed E-state index contributed by atoms with van der Waals surface area (Å²) in [5.41, 5.74) is 8.05. The molecule has 0 radical (unpaired) electrons. The Hall–Kier alpha value is -4.05. The Morgan fingerprint density at radius 2 is 1.89 bits per heavy atom. The van der Waals surface area contributed by atoms with Crippen LogP contribution < -0.4 is 5.73 Å². The van der Waals surface area contributed by atoms with Gasteiger partial charge >= 0.3 is 0 Å². The van der Waals surface area contributed by atoms with Gasteiger partial charge in [-0.3, -0.25) is 4.79 Å². The van der Waals surface area contributed by atoms with Crippen LogP contribution in [0.3, 0.4) is 0 Å². The number of furan rings is 1. The predicted octanol–water partition coefficient (Wildman–Crippen LogP) is 3.42. The molecule has 0 amide bonds. The first kappa shape index (κ1) is 21.5. The minimum absolute atomic E-state index is 0.0561. The van der Waals surface area contributed by atoms with E-state index in [9.17, 15) is 9.90 Å². The molecule has 0 bridgehead atoms. The fourth-order valence-corrected chi connectivity index (χ4v) is 4.97. The van der Waals surface area contributed by atoms with E-state index in [2.05, 4.69) is 20.2 Å². The Morgan fingerprint density at radius 3 is 2.63 bits per heavy atom. The van der Waals surface area contributed by atoms with Crippen molar-refractivity contribution in [2.75, 3.05) is 5.73 Å². The van der Waals surface area contributed by atoms with E-state index in [0.717, 1.165) is 31.2 Å². The first-order valence-electron chi connectivity index (χ1n) is 11.8. The molecule has 1 atom stereocenters. The monoisotopic (exact) mass is 471 g/mol. The third-order valence-electron chi connectivity index (χ3n) is 6.77. The molecule has 10 heteroatoms. The van der Waals surface area contributed by atoms with Crippen molar-refractivity contribution in [1.29, 1.82) is 0 Å². The SMILES string of the molecule is Nc1nc2c(cnn2[C@@H](C(=O)CC2CCC(O)CC2)c2ccccc2)c2nc(-c3ccco3)nn12. The Bertz CT molecular complexity index is 1480. The fourth-order valence-electron chi connectivity index (χ4n) is 4.97. The van der Waals surface area contributed by atoms with Gasteiger partial charge in [-0.05, 0) is 49.3 Å². The molecule has 5 aromatic rings. The minimum Gasteiger partial charge on any atom is -0.461 e. The third kappa shape index (κ3) is 3.85. The maximum Gasteiger partial charge on any atom is 0.225 e. The van der Waals surface area contributed by atoms with Crippen LogP contribution in [-0.2, 0) is 4.79 Å². The number of fused-ring (bicyclic) bond motifs is 3. The zero-order chi connectivity index (χ0) is 23.9. The minimum atomic E-state index is -0.651. The topological polar surface area (TPSA) is 137 Å². The number of aliphatic hydroxyl groups excluding tert-OH is 1. The molecule has 6 rings (SSSR count). The van der Waals surface area contributed by atoms with E-state index in [-0.39, 0.29) is 23.8 Å². The summed E-state index contributed by atoms with van der Waals surface area (Å²) in [6.45, 7) is 0. The molecule has 178 valence electrons. The van der Waals surface area contributed by atoms with Gasteiger partial charge in [0.1, 0.15) is 6.04 Å². The average Bonchev–Trinajstić information content (AvgIpc) is 3.62. The molecule has 1 aliphatic rings. The van der Waals surface area contributed by atoms with E-state index in [4.69, 9.17) is 10.2 Å². The molecule has 35 heavy (non-hydrogen) atoms. The normalized spacial score (nSPS) is 19.3. The summed E-state index contributed by atoms with van der Waals surface area (Å²) >= 11 is 0. The largest absolute Gasteiger partial charge is 0.461 e. The van der Waals surface area contributed by atoms with Crippen molar-refractivity contribution in [3.05, 3.63) is 60.5 Å². The number of nitrogens with zero attached hydrogens (tertiary/aromatic N) is 6. The number of aliphatic hydroxyl groups is 1. The van der Waals surface area contributed by atoms with E-state index in [1.807, 2.05) is 30.3 Å². The smallest absolute Gasteiger partial charge is 0.225 e. The number of ketones is 1. The summed E-state index contributed by atoms with van der Waals surface area (Å²) < 4.78 is 8.53. The van der Waals surface area contributed by atoms with Crippen LogP contribution in [0.15, 0.2) is 59.3 Å². The van der Waals surface area contributed by atoms with Crippen molar-refractivity contribution in [3.8, 4) is 11.6 Å². The van der Waals surface area contributed by atoms with Crippen molar-refractivity contribution in [3.63, 3.8) is 0 Å². The lowest BCUT2D eigenvalue weighted by atomic mass is 9.82. The van der Waals surface area contributed by atoms with Crippen molar-refractivity contribution in [2.24, 2.45) is 5.92 Å². The molecule has 1 aromatic carbocycles. The lowest BCUT2D eigenvalue weighted by molar-refractivity contribution is -0.122. The van der Waals surface area contributed by atoms with Gasteiger partial charge in [0.2, 0.25) is 11.8 Å². The number of rotatable bonds is 6. The quantitative estimate of drug-likeness (QED) is 0.384. The molecule has 1 fully saturated rings. The molecular weight excluding hydrogens is 446 g/mol.